The van der Waals surface area contributed by atoms with Crippen molar-refractivity contribution < 1.29 is 47.5 Å². The van der Waals surface area contributed by atoms with Crippen molar-refractivity contribution in [3.05, 3.63) is 97.2 Å². The van der Waals surface area contributed by atoms with E-state index in [1.807, 2.05) is 0 Å². The lowest BCUT2D eigenvalue weighted by Crippen LogP contribution is -2.34. The van der Waals surface area contributed by atoms with E-state index in [1.165, 1.54) is 0 Å². The van der Waals surface area contributed by atoms with Crippen LogP contribution in [0.15, 0.2) is 97.2 Å². The van der Waals surface area contributed by atoms with Gasteiger partial charge in [-0.1, -0.05) is 162 Å². The number of carbonyl (C=O) groups excluding carboxylic acids is 2. The predicted molar refractivity (Wildman–Crippen MR) is 253 cm³/mol. The number of hydrogen-bond donors (Lipinski definition) is 3. The molecule has 0 fully saturated rings. The predicted octanol–water partition coefficient (Wildman–Crippen LogP) is 12.8. The number of carboxylic acid groups (broad SMARTS) is 1. The van der Waals surface area contributed by atoms with Crippen molar-refractivity contribution in [2.75, 3.05) is 19.8 Å². The fraction of sp³-hybridized carbons (Fsp3) is 0.620. The molecule has 0 saturated carbocycles. The van der Waals surface area contributed by atoms with E-state index in [4.69, 9.17) is 24.8 Å². The average Bonchev–Trinajstić information content (AvgIpc) is 3.25. The average molecular weight is 888 g/mol. The molecule has 0 aliphatic carbocycles. The van der Waals surface area contributed by atoms with Crippen molar-refractivity contribution in [1.82, 2.24) is 0 Å². The minimum atomic E-state index is -4.73. The molecule has 0 radical (unpaired) electrons. The van der Waals surface area contributed by atoms with Crippen LogP contribution >= 0.6 is 7.82 Å². The van der Waals surface area contributed by atoms with E-state index < -0.39 is 51.1 Å². The van der Waals surface area contributed by atoms with Crippen LogP contribution in [0.5, 0.6) is 0 Å². The zero-order chi connectivity index (χ0) is 45.6. The van der Waals surface area contributed by atoms with Gasteiger partial charge in [0.05, 0.1) is 13.2 Å². The number of rotatable bonds is 42. The summed E-state index contributed by atoms with van der Waals surface area (Å²) in [5, 5.41) is 8.91. The molecule has 0 heterocycles. The van der Waals surface area contributed by atoms with Gasteiger partial charge in [-0.05, 0) is 89.9 Å². The van der Waals surface area contributed by atoms with Crippen molar-refractivity contribution in [3.63, 3.8) is 0 Å². The van der Waals surface area contributed by atoms with Gasteiger partial charge in [0.15, 0.2) is 6.10 Å². The highest BCUT2D eigenvalue weighted by atomic mass is 31.2. The number of allylic oxidation sites excluding steroid dienone is 16. The molecule has 11 nitrogen and oxygen atoms in total. The number of carboxylic acids is 1. The van der Waals surface area contributed by atoms with E-state index in [0.717, 1.165) is 128 Å². The first-order valence-electron chi connectivity index (χ1n) is 23.3. The van der Waals surface area contributed by atoms with Gasteiger partial charge in [0.25, 0.3) is 0 Å². The van der Waals surface area contributed by atoms with E-state index >= 15 is 0 Å². The molecule has 0 spiro atoms. The summed E-state index contributed by atoms with van der Waals surface area (Å²) in [5.41, 5.74) is 5.34. The van der Waals surface area contributed by atoms with Gasteiger partial charge in [0, 0.05) is 12.8 Å². The first-order chi connectivity index (χ1) is 30.1. The maximum absolute atomic E-state index is 12.7. The SMILES string of the molecule is CC/C=C\C/C=C\C/C=C\C/C=C\CCCCCCCCC(=O)OCC(COP(=O)(O)OCC(N)C(=O)O)OC(=O)CCCCCCCC/C=C\C/C=C\C/C=C\C/C=C\CC. The van der Waals surface area contributed by atoms with Crippen molar-refractivity contribution in [3.8, 4) is 0 Å². The fourth-order valence-electron chi connectivity index (χ4n) is 5.75. The summed E-state index contributed by atoms with van der Waals surface area (Å²) in [4.78, 5) is 46.1. The van der Waals surface area contributed by atoms with Crippen molar-refractivity contribution in [2.24, 2.45) is 5.73 Å². The maximum Gasteiger partial charge on any atom is 0.472 e. The smallest absolute Gasteiger partial charge is 0.472 e. The summed E-state index contributed by atoms with van der Waals surface area (Å²) in [6.07, 6.45) is 56.0. The fourth-order valence-corrected chi connectivity index (χ4v) is 6.53. The number of esters is 2. The highest BCUT2D eigenvalue weighted by molar-refractivity contribution is 7.47. The third kappa shape index (κ3) is 43.1. The van der Waals surface area contributed by atoms with Gasteiger partial charge in [-0.2, -0.15) is 0 Å². The standard InChI is InChI=1S/C50H82NO10P/c1-3-5-7-9-11-13-15-17-19-21-23-25-27-29-31-33-35-37-39-41-48(52)58-43-46(44-59-62(56,57)60-45-47(51)50(54)55)61-49(53)42-40-38-36-34-32-30-28-26-24-22-20-18-16-14-12-10-8-6-4-2/h5-8,11-14,17-20,23-26,46-47H,3-4,9-10,15-16,21-22,27-45,51H2,1-2H3,(H,54,55)(H,56,57)/b7-5-,8-6-,13-11-,14-12-,19-17-,20-18-,25-23-,26-24-. The summed E-state index contributed by atoms with van der Waals surface area (Å²) in [6.45, 7) is 2.54. The minimum absolute atomic E-state index is 0.136. The van der Waals surface area contributed by atoms with Crippen LogP contribution in [-0.2, 0) is 37.5 Å². The van der Waals surface area contributed by atoms with Crippen LogP contribution in [0.1, 0.15) is 168 Å². The lowest BCUT2D eigenvalue weighted by Gasteiger charge is -2.20. The van der Waals surface area contributed by atoms with Crippen LogP contribution < -0.4 is 5.73 Å². The normalized spacial score (nSPS) is 14.5. The maximum atomic E-state index is 12.7. The molecule has 0 aliphatic heterocycles. The largest absolute Gasteiger partial charge is 0.480 e. The van der Waals surface area contributed by atoms with Gasteiger partial charge in [0.1, 0.15) is 12.6 Å². The molecule has 62 heavy (non-hydrogen) atoms. The van der Waals surface area contributed by atoms with Crippen LogP contribution in [0, 0.1) is 0 Å². The number of aliphatic carboxylic acids is 1. The Morgan fingerprint density at radius 3 is 1.27 bits per heavy atom. The van der Waals surface area contributed by atoms with E-state index in [-0.39, 0.29) is 19.4 Å². The summed E-state index contributed by atoms with van der Waals surface area (Å²) in [6, 6.07) is -1.53. The number of ether oxygens (including phenoxy) is 2. The Labute approximate surface area is 375 Å². The molecular weight excluding hydrogens is 806 g/mol. The third-order valence-corrected chi connectivity index (χ3v) is 10.3. The lowest BCUT2D eigenvalue weighted by molar-refractivity contribution is -0.161. The van der Waals surface area contributed by atoms with Gasteiger partial charge >= 0.3 is 25.7 Å². The second-order valence-electron chi connectivity index (χ2n) is 15.1. The van der Waals surface area contributed by atoms with Crippen LogP contribution in [0.3, 0.4) is 0 Å². The van der Waals surface area contributed by atoms with E-state index in [1.54, 1.807) is 0 Å². The molecule has 0 bridgehead atoms. The van der Waals surface area contributed by atoms with Gasteiger partial charge in [-0.3, -0.25) is 23.4 Å². The molecule has 352 valence electrons. The number of unbranched alkanes of at least 4 members (excludes halogenated alkanes) is 12. The van der Waals surface area contributed by atoms with Gasteiger partial charge < -0.3 is 25.2 Å². The molecule has 0 amide bonds. The number of hydrogen-bond acceptors (Lipinski definition) is 9. The van der Waals surface area contributed by atoms with Crippen LogP contribution in [-0.4, -0.2) is 59.9 Å². The van der Waals surface area contributed by atoms with Crippen molar-refractivity contribution in [2.45, 2.75) is 180 Å². The number of phosphoric ester groups is 1. The highest BCUT2D eigenvalue weighted by Gasteiger charge is 2.28. The second-order valence-corrected chi connectivity index (χ2v) is 16.6. The van der Waals surface area contributed by atoms with Crippen LogP contribution in [0.2, 0.25) is 0 Å². The third-order valence-electron chi connectivity index (χ3n) is 9.33. The first kappa shape index (κ1) is 58.4. The second kappa shape index (κ2) is 44.0. The summed E-state index contributed by atoms with van der Waals surface area (Å²) < 4.78 is 32.8. The molecule has 0 aromatic heterocycles. The quantitative estimate of drug-likeness (QED) is 0.0230. The lowest BCUT2D eigenvalue weighted by atomic mass is 10.1. The Hall–Kier alpha value is -3.60. The monoisotopic (exact) mass is 888 g/mol. The summed E-state index contributed by atoms with van der Waals surface area (Å²) in [7, 11) is -4.73. The van der Waals surface area contributed by atoms with Gasteiger partial charge in [-0.25, -0.2) is 4.57 Å². The molecule has 4 N–H and O–H groups in total. The molecule has 3 atom stereocenters. The van der Waals surface area contributed by atoms with E-state index in [2.05, 4.69) is 116 Å². The Kier molecular flexibility index (Phi) is 41.5. The molecule has 0 saturated heterocycles. The molecule has 0 aromatic carbocycles. The van der Waals surface area contributed by atoms with E-state index in [0.29, 0.717) is 12.8 Å². The molecule has 0 aromatic rings. The molecule has 3 unspecified atom stereocenters. The zero-order valence-corrected chi connectivity index (χ0v) is 39.1. The molecule has 12 heteroatoms. The van der Waals surface area contributed by atoms with Crippen molar-refractivity contribution >= 4 is 25.7 Å². The Bertz CT molecular complexity index is 1410. The summed E-state index contributed by atoms with van der Waals surface area (Å²) in [5.74, 6) is -2.43. The Balaban J connectivity index is 4.39. The minimum Gasteiger partial charge on any atom is -0.480 e. The van der Waals surface area contributed by atoms with E-state index in [9.17, 15) is 23.8 Å². The van der Waals surface area contributed by atoms with Crippen molar-refractivity contribution in [1.29, 1.82) is 0 Å². The molecule has 0 aliphatic rings. The van der Waals surface area contributed by atoms with Crippen LogP contribution in [0.4, 0.5) is 0 Å². The van der Waals surface area contributed by atoms with Crippen LogP contribution in [0.25, 0.3) is 0 Å². The zero-order valence-electron chi connectivity index (χ0n) is 38.2. The first-order valence-corrected chi connectivity index (χ1v) is 24.8. The Morgan fingerprint density at radius 1 is 0.500 bits per heavy atom. The van der Waals surface area contributed by atoms with Gasteiger partial charge in [-0.15, -0.1) is 0 Å². The number of nitrogens with two attached hydrogens (primary N) is 1. The number of phosphoric acid groups is 1. The molecule has 0 rings (SSSR count). The summed E-state index contributed by atoms with van der Waals surface area (Å²) >= 11 is 0. The van der Waals surface area contributed by atoms with Gasteiger partial charge in [0.2, 0.25) is 0 Å². The molecular formula is C50H82NO10P. The topological polar surface area (TPSA) is 172 Å². The highest BCUT2D eigenvalue weighted by Crippen LogP contribution is 2.43. The number of carbonyl (C=O) groups is 3. The Morgan fingerprint density at radius 2 is 0.855 bits per heavy atom.